The third-order valence-corrected chi connectivity index (χ3v) is 4.97. The molecular formula is C20H20FN3OS. The van der Waals surface area contributed by atoms with Crippen LogP contribution in [0.5, 0.6) is 0 Å². The second-order valence-corrected chi connectivity index (χ2v) is 6.77. The highest BCUT2D eigenvalue weighted by Gasteiger charge is 2.13. The van der Waals surface area contributed by atoms with E-state index in [0.717, 1.165) is 34.1 Å². The Labute approximate surface area is 156 Å². The van der Waals surface area contributed by atoms with Gasteiger partial charge in [-0.05, 0) is 42.3 Å². The first-order valence-electron chi connectivity index (χ1n) is 8.37. The van der Waals surface area contributed by atoms with Crippen LogP contribution in [0.4, 0.5) is 15.2 Å². The fourth-order valence-electron chi connectivity index (χ4n) is 2.62. The number of nitrogens with zero attached hydrogens (tertiary/aromatic N) is 2. The lowest BCUT2D eigenvalue weighted by atomic mass is 10.1. The van der Waals surface area contributed by atoms with Gasteiger partial charge in [0.1, 0.15) is 5.82 Å². The van der Waals surface area contributed by atoms with Gasteiger partial charge in [-0.15, -0.1) is 11.3 Å². The molecule has 1 N–H and O–H groups in total. The highest BCUT2D eigenvalue weighted by molar-refractivity contribution is 7.14. The number of anilines is 2. The summed E-state index contributed by atoms with van der Waals surface area (Å²) in [6.45, 7) is 2.26. The molecule has 0 aliphatic heterocycles. The fourth-order valence-corrected chi connectivity index (χ4v) is 3.42. The summed E-state index contributed by atoms with van der Waals surface area (Å²) < 4.78 is 13.0. The number of carbonyl (C=O) groups is 1. The predicted molar refractivity (Wildman–Crippen MR) is 105 cm³/mol. The summed E-state index contributed by atoms with van der Waals surface area (Å²) in [5, 5.41) is 5.61. The molecule has 1 amide bonds. The van der Waals surface area contributed by atoms with Gasteiger partial charge in [0.15, 0.2) is 5.13 Å². The maximum absolute atomic E-state index is 13.0. The van der Waals surface area contributed by atoms with Gasteiger partial charge in [-0.3, -0.25) is 4.79 Å². The lowest BCUT2D eigenvalue weighted by Gasteiger charge is -2.16. The van der Waals surface area contributed by atoms with Crippen LogP contribution in [0.2, 0.25) is 0 Å². The van der Waals surface area contributed by atoms with Crippen molar-refractivity contribution in [2.24, 2.45) is 0 Å². The summed E-state index contributed by atoms with van der Waals surface area (Å²) in [7, 11) is 1.83. The van der Waals surface area contributed by atoms with E-state index < -0.39 is 0 Å². The van der Waals surface area contributed by atoms with Crippen molar-refractivity contribution < 1.29 is 9.18 Å². The number of hydrogen-bond donors (Lipinski definition) is 1. The average Bonchev–Trinajstić information content (AvgIpc) is 3.13. The van der Waals surface area contributed by atoms with Crippen LogP contribution < -0.4 is 10.2 Å². The molecule has 0 unspecified atom stereocenters. The standard InChI is InChI=1S/C20H20FN3OS/c1-3-14-6-4-5-7-17(14)22-19(25)12-24(2)20-23-18(13-26-20)15-8-10-16(21)11-9-15/h4-11,13H,3,12H2,1-2H3,(H,22,25). The molecule has 0 radical (unpaired) electrons. The number of para-hydroxylation sites is 1. The summed E-state index contributed by atoms with van der Waals surface area (Å²) in [5.74, 6) is -0.364. The second kappa shape index (κ2) is 8.10. The summed E-state index contributed by atoms with van der Waals surface area (Å²) in [6.07, 6.45) is 0.861. The van der Waals surface area contributed by atoms with Crippen molar-refractivity contribution in [2.45, 2.75) is 13.3 Å². The van der Waals surface area contributed by atoms with Gasteiger partial charge in [0.25, 0.3) is 0 Å². The van der Waals surface area contributed by atoms with E-state index in [1.165, 1.54) is 23.5 Å². The molecule has 0 saturated carbocycles. The normalized spacial score (nSPS) is 10.6. The van der Waals surface area contributed by atoms with Gasteiger partial charge in [-0.25, -0.2) is 9.37 Å². The number of aryl methyl sites for hydroxylation is 1. The maximum atomic E-state index is 13.0. The Morgan fingerprint density at radius 1 is 1.19 bits per heavy atom. The average molecular weight is 369 g/mol. The molecule has 0 bridgehead atoms. The van der Waals surface area contributed by atoms with Crippen LogP contribution in [0.3, 0.4) is 0 Å². The van der Waals surface area contributed by atoms with Gasteiger partial charge in [0, 0.05) is 23.7 Å². The van der Waals surface area contributed by atoms with E-state index >= 15 is 0 Å². The van der Waals surface area contributed by atoms with Crippen LogP contribution in [0.1, 0.15) is 12.5 Å². The number of rotatable bonds is 6. The van der Waals surface area contributed by atoms with Crippen molar-refractivity contribution in [1.82, 2.24) is 4.98 Å². The lowest BCUT2D eigenvalue weighted by Crippen LogP contribution is -2.30. The molecule has 3 aromatic rings. The molecule has 0 aliphatic rings. The molecule has 0 atom stereocenters. The zero-order valence-corrected chi connectivity index (χ0v) is 15.5. The molecule has 0 fully saturated rings. The molecule has 4 nitrogen and oxygen atoms in total. The van der Waals surface area contributed by atoms with Crippen molar-refractivity contribution >= 4 is 28.1 Å². The molecule has 26 heavy (non-hydrogen) atoms. The molecular weight excluding hydrogens is 349 g/mol. The number of hydrogen-bond acceptors (Lipinski definition) is 4. The highest BCUT2D eigenvalue weighted by atomic mass is 32.1. The topological polar surface area (TPSA) is 45.2 Å². The SMILES string of the molecule is CCc1ccccc1NC(=O)CN(C)c1nc(-c2ccc(F)cc2)cs1. The zero-order chi connectivity index (χ0) is 18.5. The highest BCUT2D eigenvalue weighted by Crippen LogP contribution is 2.27. The van der Waals surface area contributed by atoms with E-state index in [1.807, 2.05) is 41.6 Å². The Hall–Kier alpha value is -2.73. The first-order chi connectivity index (χ1) is 12.6. The first kappa shape index (κ1) is 18.1. The number of halogens is 1. The van der Waals surface area contributed by atoms with E-state index in [4.69, 9.17) is 0 Å². The van der Waals surface area contributed by atoms with Gasteiger partial charge in [-0.1, -0.05) is 25.1 Å². The molecule has 2 aromatic carbocycles. The molecule has 6 heteroatoms. The number of aromatic nitrogens is 1. The van der Waals surface area contributed by atoms with E-state index in [0.29, 0.717) is 0 Å². The molecule has 0 aliphatic carbocycles. The van der Waals surface area contributed by atoms with Gasteiger partial charge < -0.3 is 10.2 Å². The van der Waals surface area contributed by atoms with Gasteiger partial charge in [0.05, 0.1) is 12.2 Å². The summed E-state index contributed by atoms with van der Waals surface area (Å²) in [4.78, 5) is 18.7. The number of thiazole rings is 1. The monoisotopic (exact) mass is 369 g/mol. The number of likely N-dealkylation sites (N-methyl/N-ethyl adjacent to an activating group) is 1. The smallest absolute Gasteiger partial charge is 0.243 e. The van der Waals surface area contributed by atoms with Crippen LogP contribution in [0, 0.1) is 5.82 Å². The number of nitrogens with one attached hydrogen (secondary N) is 1. The summed E-state index contributed by atoms with van der Waals surface area (Å²) in [6, 6.07) is 14.0. The summed E-state index contributed by atoms with van der Waals surface area (Å²) in [5.41, 5.74) is 3.58. The minimum absolute atomic E-state index is 0.0908. The van der Waals surface area contributed by atoms with Crippen molar-refractivity contribution in [3.05, 3.63) is 65.3 Å². The van der Waals surface area contributed by atoms with E-state index in [-0.39, 0.29) is 18.3 Å². The van der Waals surface area contributed by atoms with Crippen LogP contribution in [-0.2, 0) is 11.2 Å². The van der Waals surface area contributed by atoms with Crippen molar-refractivity contribution in [2.75, 3.05) is 23.8 Å². The van der Waals surface area contributed by atoms with Gasteiger partial charge in [0.2, 0.25) is 5.91 Å². The molecule has 1 heterocycles. The Bertz CT molecular complexity index is 892. The zero-order valence-electron chi connectivity index (χ0n) is 14.7. The molecule has 1 aromatic heterocycles. The molecule has 0 saturated heterocycles. The first-order valence-corrected chi connectivity index (χ1v) is 9.25. The Morgan fingerprint density at radius 3 is 2.65 bits per heavy atom. The van der Waals surface area contributed by atoms with Crippen LogP contribution in [0.25, 0.3) is 11.3 Å². The fraction of sp³-hybridized carbons (Fsp3) is 0.200. The maximum Gasteiger partial charge on any atom is 0.243 e. The minimum Gasteiger partial charge on any atom is -0.342 e. The number of carbonyl (C=O) groups excluding carboxylic acids is 1. The molecule has 134 valence electrons. The largest absolute Gasteiger partial charge is 0.342 e. The van der Waals surface area contributed by atoms with E-state index in [2.05, 4.69) is 17.2 Å². The predicted octanol–water partition coefficient (Wildman–Crippen LogP) is 4.59. The third-order valence-electron chi connectivity index (χ3n) is 4.01. The molecule has 3 rings (SSSR count). The van der Waals surface area contributed by atoms with Gasteiger partial charge in [-0.2, -0.15) is 0 Å². The van der Waals surface area contributed by atoms with E-state index in [1.54, 1.807) is 12.1 Å². The molecule has 0 spiro atoms. The number of benzene rings is 2. The Kier molecular flexibility index (Phi) is 5.63. The van der Waals surface area contributed by atoms with Crippen LogP contribution in [0.15, 0.2) is 53.9 Å². The second-order valence-electron chi connectivity index (χ2n) is 5.94. The minimum atomic E-state index is -0.273. The van der Waals surface area contributed by atoms with Gasteiger partial charge >= 0.3 is 0 Å². The van der Waals surface area contributed by atoms with Crippen LogP contribution in [-0.4, -0.2) is 24.5 Å². The van der Waals surface area contributed by atoms with E-state index in [9.17, 15) is 9.18 Å². The number of amides is 1. The van der Waals surface area contributed by atoms with Crippen LogP contribution >= 0.6 is 11.3 Å². The van der Waals surface area contributed by atoms with Crippen molar-refractivity contribution in [3.8, 4) is 11.3 Å². The van der Waals surface area contributed by atoms with Crippen molar-refractivity contribution in [1.29, 1.82) is 0 Å². The van der Waals surface area contributed by atoms with Crippen molar-refractivity contribution in [3.63, 3.8) is 0 Å². The lowest BCUT2D eigenvalue weighted by molar-refractivity contribution is -0.114. The third kappa shape index (κ3) is 4.26. The summed E-state index contributed by atoms with van der Waals surface area (Å²) >= 11 is 1.45. The Morgan fingerprint density at radius 2 is 1.92 bits per heavy atom. The quantitative estimate of drug-likeness (QED) is 0.691. The Balaban J connectivity index is 1.65.